The van der Waals surface area contributed by atoms with Gasteiger partial charge in [-0.15, -0.1) is 0 Å². The molecule has 0 aliphatic rings. The van der Waals surface area contributed by atoms with E-state index < -0.39 is 20.0 Å². The molecule has 0 radical (unpaired) electrons. The molecule has 0 aliphatic heterocycles. The summed E-state index contributed by atoms with van der Waals surface area (Å²) in [5, 5.41) is 15.6. The van der Waals surface area contributed by atoms with Gasteiger partial charge in [-0.3, -0.25) is 0 Å². The summed E-state index contributed by atoms with van der Waals surface area (Å²) in [6, 6.07) is 1.43. The van der Waals surface area contributed by atoms with E-state index in [9.17, 15) is 9.59 Å². The number of hydrogen-bond acceptors (Lipinski definition) is 4. The predicted octanol–water partition coefficient (Wildman–Crippen LogP) is 1.73. The molecule has 0 rings (SSSR count). The lowest BCUT2D eigenvalue weighted by atomic mass is 10.5. The summed E-state index contributed by atoms with van der Waals surface area (Å²) in [5.74, 6) is -0.0722. The molecule has 0 bridgehead atoms. The van der Waals surface area contributed by atoms with E-state index in [0.29, 0.717) is 12.2 Å². The van der Waals surface area contributed by atoms with Crippen LogP contribution in [0.3, 0.4) is 0 Å². The first-order chi connectivity index (χ1) is 8.19. The topological polar surface area (TPSA) is 101 Å². The van der Waals surface area contributed by atoms with Gasteiger partial charge in [0.1, 0.15) is 0 Å². The van der Waals surface area contributed by atoms with Crippen molar-refractivity contribution < 1.29 is 19.8 Å². The van der Waals surface area contributed by atoms with Crippen LogP contribution in [0.25, 0.3) is 0 Å². The molecule has 4 N–H and O–H groups in total. The van der Waals surface area contributed by atoms with E-state index in [0.717, 1.165) is 12.3 Å². The van der Waals surface area contributed by atoms with Crippen molar-refractivity contribution in [1.29, 1.82) is 0 Å². The molecule has 5 nitrogen and oxygen atoms in total. The molecular weight excluding hydrogens is 270 g/mol. The van der Waals surface area contributed by atoms with E-state index in [-0.39, 0.29) is 0 Å². The van der Waals surface area contributed by atoms with Crippen LogP contribution >= 0.6 is 11.8 Å². The van der Waals surface area contributed by atoms with Crippen molar-refractivity contribution in [3.63, 3.8) is 0 Å². The van der Waals surface area contributed by atoms with E-state index in [1.165, 1.54) is 11.8 Å². The lowest BCUT2D eigenvalue weighted by Crippen LogP contribution is -2.20. The SMILES string of the molecule is C[Si](C)(C)CCSCCN.O=C(O)C=CC(=O)O. The number of carbonyl (C=O) groups is 2. The highest BCUT2D eigenvalue weighted by molar-refractivity contribution is 7.99. The highest BCUT2D eigenvalue weighted by atomic mass is 32.2. The minimum absolute atomic E-state index is 0.558. The summed E-state index contributed by atoms with van der Waals surface area (Å²) in [5.41, 5.74) is 5.37. The monoisotopic (exact) mass is 293 g/mol. The van der Waals surface area contributed by atoms with Crippen LogP contribution in [0.4, 0.5) is 0 Å². The van der Waals surface area contributed by atoms with Crippen LogP contribution in [0.1, 0.15) is 0 Å². The van der Waals surface area contributed by atoms with Gasteiger partial charge in [0.25, 0.3) is 0 Å². The molecule has 0 amide bonds. The third kappa shape index (κ3) is 24.4. The number of rotatable bonds is 7. The lowest BCUT2D eigenvalue weighted by molar-refractivity contribution is -0.134. The van der Waals surface area contributed by atoms with Gasteiger partial charge >= 0.3 is 11.9 Å². The maximum Gasteiger partial charge on any atom is 0.328 e. The molecule has 0 heterocycles. The normalized spacial score (nSPS) is 10.9. The van der Waals surface area contributed by atoms with E-state index in [4.69, 9.17) is 15.9 Å². The molecule has 0 spiro atoms. The van der Waals surface area contributed by atoms with E-state index in [1.54, 1.807) is 0 Å². The van der Waals surface area contributed by atoms with Crippen LogP contribution in [0, 0.1) is 0 Å². The molecule has 0 unspecified atom stereocenters. The molecule has 0 saturated heterocycles. The number of nitrogens with two attached hydrogens (primary N) is 1. The van der Waals surface area contributed by atoms with Gasteiger partial charge in [-0.1, -0.05) is 19.6 Å². The summed E-state index contributed by atoms with van der Waals surface area (Å²) in [4.78, 5) is 19.1. The fourth-order valence-corrected chi connectivity index (χ4v) is 4.10. The summed E-state index contributed by atoms with van der Waals surface area (Å²) < 4.78 is 0. The fraction of sp³-hybridized carbons (Fsp3) is 0.636. The number of carboxylic acid groups (broad SMARTS) is 2. The first kappa shape index (κ1) is 19.5. The maximum atomic E-state index is 9.55. The zero-order valence-corrected chi connectivity index (χ0v) is 13.0. The molecule has 0 aliphatic carbocycles. The highest BCUT2D eigenvalue weighted by Crippen LogP contribution is 2.12. The average Bonchev–Trinajstić information content (AvgIpc) is 2.21. The molecule has 18 heavy (non-hydrogen) atoms. The minimum Gasteiger partial charge on any atom is -0.478 e. The van der Waals surface area contributed by atoms with Gasteiger partial charge in [0.2, 0.25) is 0 Å². The standard InChI is InChI=1S/C7H19NSSi.C4H4O4/c1-10(2,3)7-6-9-5-4-8;5-3(6)1-2-4(7)8/h4-8H2,1-3H3;1-2H,(H,5,6)(H,7,8). The van der Waals surface area contributed by atoms with Gasteiger partial charge in [0.05, 0.1) is 0 Å². The van der Waals surface area contributed by atoms with Crippen molar-refractivity contribution in [3.8, 4) is 0 Å². The third-order valence-corrected chi connectivity index (χ3v) is 4.76. The Bertz CT molecular complexity index is 261. The molecular formula is C11H23NO4SSi. The van der Waals surface area contributed by atoms with Crippen LogP contribution in [0.15, 0.2) is 12.2 Å². The average molecular weight is 293 g/mol. The van der Waals surface area contributed by atoms with Crippen molar-refractivity contribution in [2.75, 3.05) is 18.1 Å². The van der Waals surface area contributed by atoms with E-state index in [2.05, 4.69) is 19.6 Å². The summed E-state index contributed by atoms with van der Waals surface area (Å²) >= 11 is 1.99. The molecule has 0 saturated carbocycles. The predicted molar refractivity (Wildman–Crippen MR) is 78.9 cm³/mol. The van der Waals surface area contributed by atoms with Crippen LogP contribution < -0.4 is 5.73 Å². The van der Waals surface area contributed by atoms with Crippen LogP contribution in [-0.2, 0) is 9.59 Å². The van der Waals surface area contributed by atoms with Gasteiger partial charge in [-0.2, -0.15) is 11.8 Å². The highest BCUT2D eigenvalue weighted by Gasteiger charge is 2.11. The minimum atomic E-state index is -1.26. The Morgan fingerprint density at radius 1 is 1.11 bits per heavy atom. The Balaban J connectivity index is 0. The number of thioether (sulfide) groups is 1. The molecule has 0 aromatic rings. The van der Waals surface area contributed by atoms with E-state index >= 15 is 0 Å². The second-order valence-corrected chi connectivity index (χ2v) is 11.6. The number of hydrogen-bond donors (Lipinski definition) is 3. The Morgan fingerprint density at radius 2 is 1.56 bits per heavy atom. The Hall–Kier alpha value is -0.793. The quantitative estimate of drug-likeness (QED) is 0.375. The van der Waals surface area contributed by atoms with Crippen molar-refractivity contribution in [2.45, 2.75) is 25.7 Å². The van der Waals surface area contributed by atoms with Gasteiger partial charge in [0, 0.05) is 32.5 Å². The smallest absolute Gasteiger partial charge is 0.328 e. The maximum absolute atomic E-state index is 9.55. The largest absolute Gasteiger partial charge is 0.478 e. The third-order valence-electron chi connectivity index (χ3n) is 1.63. The Kier molecular flexibility index (Phi) is 12.3. The zero-order chi connectivity index (χ0) is 14.6. The fourth-order valence-electron chi connectivity index (χ4n) is 0.706. The molecule has 0 aromatic carbocycles. The number of aliphatic carboxylic acids is 2. The molecule has 0 atom stereocenters. The Labute approximate surface area is 113 Å². The van der Waals surface area contributed by atoms with Crippen LogP contribution in [0.2, 0.25) is 25.7 Å². The summed E-state index contributed by atoms with van der Waals surface area (Å²) in [6.07, 6.45) is 1.12. The van der Waals surface area contributed by atoms with Gasteiger partial charge in [-0.25, -0.2) is 9.59 Å². The lowest BCUT2D eigenvalue weighted by Gasteiger charge is -2.14. The molecule has 0 fully saturated rings. The van der Waals surface area contributed by atoms with Gasteiger partial charge in [0.15, 0.2) is 0 Å². The summed E-state index contributed by atoms with van der Waals surface area (Å²) in [7, 11) is -0.769. The van der Waals surface area contributed by atoms with Gasteiger partial charge < -0.3 is 15.9 Å². The second-order valence-electron chi connectivity index (χ2n) is 4.72. The van der Waals surface area contributed by atoms with E-state index in [1.807, 2.05) is 11.8 Å². The van der Waals surface area contributed by atoms with Crippen molar-refractivity contribution >= 4 is 31.8 Å². The first-order valence-electron chi connectivity index (χ1n) is 5.61. The molecule has 106 valence electrons. The van der Waals surface area contributed by atoms with Crippen molar-refractivity contribution in [2.24, 2.45) is 5.73 Å². The second kappa shape index (κ2) is 11.3. The number of carboxylic acids is 2. The van der Waals surface area contributed by atoms with Gasteiger partial charge in [-0.05, 0) is 11.8 Å². The van der Waals surface area contributed by atoms with Crippen molar-refractivity contribution in [3.05, 3.63) is 12.2 Å². The molecule has 0 aromatic heterocycles. The van der Waals surface area contributed by atoms with Crippen LogP contribution in [0.5, 0.6) is 0 Å². The molecule has 7 heteroatoms. The summed E-state index contributed by atoms with van der Waals surface area (Å²) in [6.45, 7) is 8.07. The first-order valence-corrected chi connectivity index (χ1v) is 10.5. The zero-order valence-electron chi connectivity index (χ0n) is 11.2. The van der Waals surface area contributed by atoms with Crippen molar-refractivity contribution in [1.82, 2.24) is 0 Å². The van der Waals surface area contributed by atoms with Crippen LogP contribution in [-0.4, -0.2) is 48.3 Å². The Morgan fingerprint density at radius 3 is 1.83 bits per heavy atom.